The molecule has 1 saturated heterocycles. The van der Waals surface area contributed by atoms with Crippen molar-refractivity contribution in [2.75, 3.05) is 6.54 Å². The Kier molecular flexibility index (Phi) is 3.46. The third-order valence-electron chi connectivity index (χ3n) is 5.06. The van der Waals surface area contributed by atoms with E-state index < -0.39 is 0 Å². The van der Waals surface area contributed by atoms with Crippen LogP contribution in [0.25, 0.3) is 10.9 Å². The third kappa shape index (κ3) is 2.09. The van der Waals surface area contributed by atoms with Crippen molar-refractivity contribution >= 4 is 32.6 Å². The number of benzene rings is 1. The molecule has 3 heterocycles. The molecule has 0 radical (unpaired) electrons. The van der Waals surface area contributed by atoms with E-state index in [-0.39, 0.29) is 6.04 Å². The predicted octanol–water partition coefficient (Wildman–Crippen LogP) is 4.10. The Morgan fingerprint density at radius 2 is 2.23 bits per heavy atom. The van der Waals surface area contributed by atoms with Crippen LogP contribution < -0.4 is 0 Å². The number of allylic oxidation sites excluding steroid dienone is 1. The summed E-state index contributed by atoms with van der Waals surface area (Å²) in [6.07, 6.45) is 4.52. The molecule has 1 fully saturated rings. The van der Waals surface area contributed by atoms with Crippen LogP contribution in [0.15, 0.2) is 34.8 Å². The molecule has 2 aliphatic rings. The molecule has 4 rings (SSSR count). The quantitative estimate of drug-likeness (QED) is 0.877. The van der Waals surface area contributed by atoms with E-state index in [4.69, 9.17) is 0 Å². The number of carbonyl (C=O) groups is 1. The van der Waals surface area contributed by atoms with Gasteiger partial charge >= 0.3 is 0 Å². The summed E-state index contributed by atoms with van der Waals surface area (Å²) in [5.41, 5.74) is 3.87. The molecule has 2 bridgehead atoms. The molecule has 1 N–H and O–H groups in total. The molecule has 2 aromatic rings. The number of carbonyl (C=O) groups excluding carboxylic acids is 1. The molecule has 22 heavy (non-hydrogen) atoms. The van der Waals surface area contributed by atoms with E-state index in [1.165, 1.54) is 22.2 Å². The van der Waals surface area contributed by atoms with Gasteiger partial charge in [-0.25, -0.2) is 0 Å². The number of rotatable bonds is 2. The third-order valence-corrected chi connectivity index (χ3v) is 5.77. The lowest BCUT2D eigenvalue weighted by Crippen LogP contribution is -2.52. The van der Waals surface area contributed by atoms with Crippen LogP contribution in [0.4, 0.5) is 0 Å². The van der Waals surface area contributed by atoms with Gasteiger partial charge in [0.2, 0.25) is 0 Å². The van der Waals surface area contributed by atoms with Gasteiger partial charge in [0, 0.05) is 34.0 Å². The fourth-order valence-electron chi connectivity index (χ4n) is 3.96. The maximum atomic E-state index is 12.5. The topological polar surface area (TPSA) is 36.1 Å². The first-order chi connectivity index (χ1) is 10.7. The number of fused-ring (bicyclic) bond motifs is 6. The van der Waals surface area contributed by atoms with Gasteiger partial charge in [0.05, 0.1) is 12.1 Å². The monoisotopic (exact) mass is 358 g/mol. The van der Waals surface area contributed by atoms with Gasteiger partial charge in [-0.1, -0.05) is 40.2 Å². The van der Waals surface area contributed by atoms with E-state index >= 15 is 0 Å². The number of aromatic nitrogens is 1. The smallest absolute Gasteiger partial charge is 0.150 e. The second-order valence-electron chi connectivity index (χ2n) is 6.21. The van der Waals surface area contributed by atoms with Gasteiger partial charge in [0.15, 0.2) is 0 Å². The Labute approximate surface area is 138 Å². The van der Waals surface area contributed by atoms with Gasteiger partial charge in [0.25, 0.3) is 0 Å². The minimum Gasteiger partial charge on any atom is -0.357 e. The minimum absolute atomic E-state index is 0.0259. The number of H-pyrrole nitrogens is 1. The van der Waals surface area contributed by atoms with Crippen LogP contribution in [0.5, 0.6) is 0 Å². The van der Waals surface area contributed by atoms with Crippen molar-refractivity contribution in [3.05, 3.63) is 46.1 Å². The SMILES string of the molecule is C/C=C(\Br)CN1[C@H]2Cc3c([nH]c4ccccc34)[C@@H]1CCC2=O. The molecule has 2 atom stereocenters. The number of piperidine rings is 1. The number of para-hydroxylation sites is 1. The van der Waals surface area contributed by atoms with Crippen LogP contribution in [0.1, 0.15) is 37.1 Å². The number of Topliss-reactive ketones (excluding diaryl/α,β-unsaturated/α-hetero) is 1. The highest BCUT2D eigenvalue weighted by Crippen LogP contribution is 2.43. The summed E-state index contributed by atoms with van der Waals surface area (Å²) >= 11 is 3.61. The summed E-state index contributed by atoms with van der Waals surface area (Å²) in [5, 5.41) is 1.28. The fraction of sp³-hybridized carbons (Fsp3) is 0.389. The summed E-state index contributed by atoms with van der Waals surface area (Å²) < 4.78 is 1.15. The van der Waals surface area contributed by atoms with Gasteiger partial charge in [-0.3, -0.25) is 9.69 Å². The van der Waals surface area contributed by atoms with Gasteiger partial charge in [-0.05, 0) is 31.4 Å². The van der Waals surface area contributed by atoms with Crippen molar-refractivity contribution in [1.29, 1.82) is 0 Å². The largest absolute Gasteiger partial charge is 0.357 e. The zero-order valence-electron chi connectivity index (χ0n) is 12.6. The van der Waals surface area contributed by atoms with Crippen LogP contribution >= 0.6 is 15.9 Å². The standard InChI is InChI=1S/C18H19BrN2O/c1-2-11(19)10-21-15-7-8-17(22)16(21)9-13-12-5-3-4-6-14(12)20-18(13)15/h2-6,15-16,20H,7-10H2,1H3/b11-2-/t15-,16-/m0/s1. The van der Waals surface area contributed by atoms with Gasteiger partial charge in [-0.2, -0.15) is 0 Å². The summed E-state index contributed by atoms with van der Waals surface area (Å²) in [6.45, 7) is 2.84. The van der Waals surface area contributed by atoms with Crippen LogP contribution in [-0.2, 0) is 11.2 Å². The molecule has 114 valence electrons. The first-order valence-electron chi connectivity index (χ1n) is 7.87. The molecule has 0 amide bonds. The zero-order valence-corrected chi connectivity index (χ0v) is 14.2. The summed E-state index contributed by atoms with van der Waals surface area (Å²) in [7, 11) is 0. The Bertz CT molecular complexity index is 776. The molecule has 4 heteroatoms. The van der Waals surface area contributed by atoms with Crippen molar-refractivity contribution in [3.63, 3.8) is 0 Å². The summed E-state index contributed by atoms with van der Waals surface area (Å²) in [5.74, 6) is 0.392. The highest BCUT2D eigenvalue weighted by molar-refractivity contribution is 9.11. The molecule has 0 aliphatic carbocycles. The number of nitrogens with one attached hydrogen (secondary N) is 1. The van der Waals surface area contributed by atoms with Crippen molar-refractivity contribution < 1.29 is 4.79 Å². The maximum Gasteiger partial charge on any atom is 0.150 e. The summed E-state index contributed by atoms with van der Waals surface area (Å²) in [6, 6.07) is 8.80. The average molecular weight is 359 g/mol. The molecule has 0 saturated carbocycles. The lowest BCUT2D eigenvalue weighted by Gasteiger charge is -2.44. The number of halogens is 1. The van der Waals surface area contributed by atoms with E-state index in [9.17, 15) is 4.79 Å². The fourth-order valence-corrected chi connectivity index (χ4v) is 4.25. The first-order valence-corrected chi connectivity index (χ1v) is 8.67. The predicted molar refractivity (Wildman–Crippen MR) is 92.2 cm³/mol. The normalized spacial score (nSPS) is 25.5. The van der Waals surface area contributed by atoms with E-state index in [0.29, 0.717) is 18.2 Å². The van der Waals surface area contributed by atoms with Crippen LogP contribution in [0.2, 0.25) is 0 Å². The van der Waals surface area contributed by atoms with E-state index in [2.05, 4.69) is 56.2 Å². The van der Waals surface area contributed by atoms with Crippen molar-refractivity contribution in [2.24, 2.45) is 0 Å². The molecule has 0 spiro atoms. The van der Waals surface area contributed by atoms with E-state index in [1.807, 2.05) is 6.92 Å². The molecular weight excluding hydrogens is 340 g/mol. The van der Waals surface area contributed by atoms with Gasteiger partial charge in [0.1, 0.15) is 5.78 Å². The number of nitrogens with zero attached hydrogens (tertiary/aromatic N) is 1. The molecular formula is C18H19BrN2O. The van der Waals surface area contributed by atoms with Crippen LogP contribution in [0, 0.1) is 0 Å². The zero-order chi connectivity index (χ0) is 15.3. The second kappa shape index (κ2) is 5.36. The van der Waals surface area contributed by atoms with Crippen LogP contribution in [0.3, 0.4) is 0 Å². The highest BCUT2D eigenvalue weighted by atomic mass is 79.9. The second-order valence-corrected chi connectivity index (χ2v) is 7.23. The van der Waals surface area contributed by atoms with Crippen molar-refractivity contribution in [2.45, 2.75) is 38.3 Å². The average Bonchev–Trinajstić information content (AvgIpc) is 2.89. The van der Waals surface area contributed by atoms with Gasteiger partial charge < -0.3 is 4.98 Å². The number of hydrogen-bond donors (Lipinski definition) is 1. The van der Waals surface area contributed by atoms with Crippen molar-refractivity contribution in [3.8, 4) is 0 Å². The van der Waals surface area contributed by atoms with E-state index in [0.717, 1.165) is 23.9 Å². The number of hydrogen-bond acceptors (Lipinski definition) is 2. The maximum absolute atomic E-state index is 12.5. The van der Waals surface area contributed by atoms with Crippen molar-refractivity contribution in [1.82, 2.24) is 9.88 Å². The number of aromatic amines is 1. The highest BCUT2D eigenvalue weighted by Gasteiger charge is 2.43. The Balaban J connectivity index is 1.84. The Morgan fingerprint density at radius 1 is 1.41 bits per heavy atom. The van der Waals surface area contributed by atoms with E-state index in [1.54, 1.807) is 0 Å². The first kappa shape index (κ1) is 14.2. The molecule has 0 unspecified atom stereocenters. The molecule has 1 aromatic carbocycles. The Hall–Kier alpha value is -1.39. The number of ketones is 1. The minimum atomic E-state index is 0.0259. The van der Waals surface area contributed by atoms with Gasteiger partial charge in [-0.15, -0.1) is 0 Å². The molecule has 3 nitrogen and oxygen atoms in total. The Morgan fingerprint density at radius 3 is 3.05 bits per heavy atom. The van der Waals surface area contributed by atoms with Crippen LogP contribution in [-0.4, -0.2) is 28.3 Å². The summed E-state index contributed by atoms with van der Waals surface area (Å²) in [4.78, 5) is 18.5. The molecule has 2 aliphatic heterocycles. The lowest BCUT2D eigenvalue weighted by atomic mass is 9.82. The lowest BCUT2D eigenvalue weighted by molar-refractivity contribution is -0.129. The molecule has 1 aromatic heterocycles.